The molecule has 0 unspecified atom stereocenters. The van der Waals surface area contributed by atoms with Crippen LogP contribution in [0.2, 0.25) is 0 Å². The predicted molar refractivity (Wildman–Crippen MR) is 65.6 cm³/mol. The fourth-order valence-corrected chi connectivity index (χ4v) is 2.37. The standard InChI is InChI=1S/C13H13N.ClH/c1-2-6-11-10(5-1)9-14-13-8-4-3-7-12(11)13;/h3-4,7-9H,1-2,5-6H2;1H. The molecule has 15 heavy (non-hydrogen) atoms. The van der Waals surface area contributed by atoms with Crippen LogP contribution in [-0.2, 0) is 12.8 Å². The topological polar surface area (TPSA) is 12.9 Å². The quantitative estimate of drug-likeness (QED) is 0.661. The van der Waals surface area contributed by atoms with Gasteiger partial charge in [0.25, 0.3) is 0 Å². The van der Waals surface area contributed by atoms with Gasteiger partial charge in [-0.1, -0.05) is 18.2 Å². The number of hydrogen-bond donors (Lipinski definition) is 0. The van der Waals surface area contributed by atoms with E-state index in [1.807, 2.05) is 0 Å². The normalized spacial score (nSPS) is 14.4. The lowest BCUT2D eigenvalue weighted by Crippen LogP contribution is -2.03. The van der Waals surface area contributed by atoms with Crippen LogP contribution in [0.3, 0.4) is 0 Å². The fourth-order valence-electron chi connectivity index (χ4n) is 2.37. The summed E-state index contributed by atoms with van der Waals surface area (Å²) in [5.74, 6) is 0. The minimum atomic E-state index is 0. The number of fused-ring (bicyclic) bond motifs is 3. The molecule has 0 spiro atoms. The Balaban J connectivity index is 0.000000853. The second-order valence-corrected chi connectivity index (χ2v) is 3.99. The van der Waals surface area contributed by atoms with Crippen LogP contribution in [0, 0.1) is 0 Å². The van der Waals surface area contributed by atoms with Gasteiger partial charge in [0.1, 0.15) is 0 Å². The van der Waals surface area contributed by atoms with Gasteiger partial charge in [0.2, 0.25) is 0 Å². The molecule has 0 fully saturated rings. The van der Waals surface area contributed by atoms with E-state index in [4.69, 9.17) is 0 Å². The van der Waals surface area contributed by atoms with Crippen LogP contribution in [0.15, 0.2) is 30.5 Å². The van der Waals surface area contributed by atoms with Crippen molar-refractivity contribution >= 4 is 23.3 Å². The van der Waals surface area contributed by atoms with Gasteiger partial charge in [0.05, 0.1) is 5.52 Å². The number of rotatable bonds is 0. The maximum atomic E-state index is 4.49. The summed E-state index contributed by atoms with van der Waals surface area (Å²) < 4.78 is 0. The Morgan fingerprint density at radius 3 is 2.73 bits per heavy atom. The smallest absolute Gasteiger partial charge is 0.0704 e. The molecular weight excluding hydrogens is 206 g/mol. The summed E-state index contributed by atoms with van der Waals surface area (Å²) in [4.78, 5) is 4.49. The van der Waals surface area contributed by atoms with E-state index >= 15 is 0 Å². The summed E-state index contributed by atoms with van der Waals surface area (Å²) in [7, 11) is 0. The lowest BCUT2D eigenvalue weighted by Gasteiger charge is -2.16. The molecule has 0 saturated heterocycles. The van der Waals surface area contributed by atoms with Crippen molar-refractivity contribution < 1.29 is 0 Å². The van der Waals surface area contributed by atoms with E-state index in [0.717, 1.165) is 5.52 Å². The minimum absolute atomic E-state index is 0. The number of pyridine rings is 1. The monoisotopic (exact) mass is 219 g/mol. The molecule has 2 heteroatoms. The second kappa shape index (κ2) is 4.19. The first-order chi connectivity index (χ1) is 6.95. The first-order valence-corrected chi connectivity index (χ1v) is 5.30. The van der Waals surface area contributed by atoms with E-state index in [2.05, 4.69) is 35.4 Å². The van der Waals surface area contributed by atoms with Crippen LogP contribution in [0.5, 0.6) is 0 Å². The van der Waals surface area contributed by atoms with Gasteiger partial charge in [-0.3, -0.25) is 4.98 Å². The van der Waals surface area contributed by atoms with Gasteiger partial charge in [0, 0.05) is 11.6 Å². The molecule has 0 aliphatic heterocycles. The number of benzene rings is 1. The van der Waals surface area contributed by atoms with Crippen LogP contribution in [0.1, 0.15) is 24.0 Å². The Bertz CT molecular complexity index is 479. The molecule has 0 atom stereocenters. The first-order valence-electron chi connectivity index (χ1n) is 5.30. The van der Waals surface area contributed by atoms with Crippen molar-refractivity contribution in [3.63, 3.8) is 0 Å². The van der Waals surface area contributed by atoms with E-state index in [9.17, 15) is 0 Å². The van der Waals surface area contributed by atoms with E-state index in [1.54, 1.807) is 5.56 Å². The number of aryl methyl sites for hydroxylation is 2. The average molecular weight is 220 g/mol. The van der Waals surface area contributed by atoms with Gasteiger partial charge in [-0.05, 0) is 42.9 Å². The molecule has 0 bridgehead atoms. The maximum absolute atomic E-state index is 4.49. The molecular formula is C13H14ClN. The third-order valence-electron chi connectivity index (χ3n) is 3.10. The zero-order chi connectivity index (χ0) is 9.38. The molecule has 1 nitrogen and oxygen atoms in total. The maximum Gasteiger partial charge on any atom is 0.0704 e. The molecule has 0 saturated carbocycles. The Morgan fingerprint density at radius 1 is 1.00 bits per heavy atom. The highest BCUT2D eigenvalue weighted by molar-refractivity contribution is 5.85. The molecule has 1 aromatic heterocycles. The van der Waals surface area contributed by atoms with Gasteiger partial charge in [-0.2, -0.15) is 0 Å². The number of aromatic nitrogens is 1. The second-order valence-electron chi connectivity index (χ2n) is 3.99. The summed E-state index contributed by atoms with van der Waals surface area (Å²) >= 11 is 0. The summed E-state index contributed by atoms with van der Waals surface area (Å²) in [6.45, 7) is 0. The zero-order valence-electron chi connectivity index (χ0n) is 8.57. The van der Waals surface area contributed by atoms with Crippen LogP contribution in [-0.4, -0.2) is 4.98 Å². The van der Waals surface area contributed by atoms with Gasteiger partial charge in [-0.15, -0.1) is 12.4 Å². The summed E-state index contributed by atoms with van der Waals surface area (Å²) in [6, 6.07) is 8.47. The third-order valence-corrected chi connectivity index (χ3v) is 3.10. The number of nitrogens with zero attached hydrogens (tertiary/aromatic N) is 1. The first kappa shape index (κ1) is 10.4. The Kier molecular flexibility index (Phi) is 2.92. The summed E-state index contributed by atoms with van der Waals surface area (Å²) in [5.41, 5.74) is 4.16. The van der Waals surface area contributed by atoms with Crippen LogP contribution < -0.4 is 0 Å². The van der Waals surface area contributed by atoms with E-state index in [0.29, 0.717) is 0 Å². The number of halogens is 1. The van der Waals surface area contributed by atoms with Gasteiger partial charge >= 0.3 is 0 Å². The molecule has 0 radical (unpaired) electrons. The SMILES string of the molecule is Cl.c1ccc2c3c(cnc2c1)CCCC3. The highest BCUT2D eigenvalue weighted by Crippen LogP contribution is 2.26. The van der Waals surface area contributed by atoms with Crippen molar-refractivity contribution in [2.45, 2.75) is 25.7 Å². The number of para-hydroxylation sites is 1. The Labute approximate surface area is 95.9 Å². The highest BCUT2D eigenvalue weighted by Gasteiger charge is 2.12. The van der Waals surface area contributed by atoms with E-state index < -0.39 is 0 Å². The summed E-state index contributed by atoms with van der Waals surface area (Å²) in [5, 5.41) is 1.37. The fraction of sp³-hybridized carbons (Fsp3) is 0.308. The van der Waals surface area contributed by atoms with Crippen molar-refractivity contribution in [1.82, 2.24) is 4.98 Å². The van der Waals surface area contributed by atoms with Crippen molar-refractivity contribution in [2.75, 3.05) is 0 Å². The lowest BCUT2D eigenvalue weighted by molar-refractivity contribution is 0.687. The van der Waals surface area contributed by atoms with Crippen molar-refractivity contribution in [2.24, 2.45) is 0 Å². The molecule has 78 valence electrons. The Hall–Kier alpha value is -1.08. The van der Waals surface area contributed by atoms with Crippen LogP contribution in [0.4, 0.5) is 0 Å². The molecule has 1 aromatic carbocycles. The van der Waals surface area contributed by atoms with Gasteiger partial charge in [-0.25, -0.2) is 0 Å². The minimum Gasteiger partial charge on any atom is -0.256 e. The van der Waals surface area contributed by atoms with E-state index in [1.165, 1.54) is 36.6 Å². The molecule has 0 amide bonds. The molecule has 1 heterocycles. The van der Waals surface area contributed by atoms with Crippen LogP contribution >= 0.6 is 12.4 Å². The Morgan fingerprint density at radius 2 is 1.80 bits per heavy atom. The van der Waals surface area contributed by atoms with E-state index in [-0.39, 0.29) is 12.4 Å². The third kappa shape index (κ3) is 1.72. The van der Waals surface area contributed by atoms with Gasteiger partial charge in [0.15, 0.2) is 0 Å². The van der Waals surface area contributed by atoms with Crippen molar-refractivity contribution in [3.05, 3.63) is 41.6 Å². The number of hydrogen-bond acceptors (Lipinski definition) is 1. The van der Waals surface area contributed by atoms with Crippen molar-refractivity contribution in [3.8, 4) is 0 Å². The summed E-state index contributed by atoms with van der Waals surface area (Å²) in [6.07, 6.45) is 7.18. The molecule has 2 aromatic rings. The lowest BCUT2D eigenvalue weighted by atomic mass is 9.90. The highest BCUT2D eigenvalue weighted by atomic mass is 35.5. The van der Waals surface area contributed by atoms with Crippen molar-refractivity contribution in [1.29, 1.82) is 0 Å². The predicted octanol–water partition coefficient (Wildman–Crippen LogP) is 3.54. The largest absolute Gasteiger partial charge is 0.256 e. The van der Waals surface area contributed by atoms with Crippen LogP contribution in [0.25, 0.3) is 10.9 Å². The molecule has 0 N–H and O–H groups in total. The molecule has 1 aliphatic rings. The molecule has 3 rings (SSSR count). The van der Waals surface area contributed by atoms with Gasteiger partial charge < -0.3 is 0 Å². The molecule has 1 aliphatic carbocycles. The zero-order valence-corrected chi connectivity index (χ0v) is 9.39. The average Bonchev–Trinajstić information content (AvgIpc) is 2.29.